The van der Waals surface area contributed by atoms with Crippen LogP contribution in [0.2, 0.25) is 0 Å². The maximum Gasteiger partial charge on any atom is 1.00 e. The molecule has 107 heavy (non-hydrogen) atoms. The number of carboxylic acid groups (broad SMARTS) is 1. The van der Waals surface area contributed by atoms with Gasteiger partial charge in [-0.1, -0.05) is 199 Å². The van der Waals surface area contributed by atoms with E-state index in [1.807, 2.05) is 78.9 Å². The fourth-order valence-electron chi connectivity index (χ4n) is 13.5. The number of hydrogen-bond acceptors (Lipinski definition) is 27. The Morgan fingerprint density at radius 2 is 0.748 bits per heavy atom. The van der Waals surface area contributed by atoms with Crippen LogP contribution in [0.25, 0.3) is 20.9 Å². The Balaban J connectivity index is 0.0000122. The van der Waals surface area contributed by atoms with Crippen molar-refractivity contribution in [1.82, 2.24) is 0 Å². The Morgan fingerprint density at radius 3 is 1.18 bits per heavy atom. The van der Waals surface area contributed by atoms with Gasteiger partial charge in [0.1, 0.15) is 97.5 Å². The molecule has 5 saturated heterocycles. The molecule has 5 N–H and O–H groups in total. The number of carboxylic acids is 1. The van der Waals surface area contributed by atoms with Gasteiger partial charge in [-0.05, 0) is 44.4 Å². The number of aliphatic hydroxyl groups excluding tert-OH is 5. The average Bonchev–Trinajstić information content (AvgIpc) is 0.765. The van der Waals surface area contributed by atoms with Gasteiger partial charge in [-0.3, -0.25) is 0 Å². The summed E-state index contributed by atoms with van der Waals surface area (Å²) in [5.74, 6) is -3.59. The van der Waals surface area contributed by atoms with Gasteiger partial charge in [0.05, 0.1) is 84.7 Å². The average molecular weight is 1500 g/mol. The van der Waals surface area contributed by atoms with Crippen LogP contribution in [0.1, 0.15) is 40.3 Å². The number of azide groups is 2. The number of carbonyl (C=O) groups is 2. The van der Waals surface area contributed by atoms with Crippen molar-refractivity contribution in [3.8, 4) is 0 Å². The summed E-state index contributed by atoms with van der Waals surface area (Å²) in [6.45, 7) is -1.33. The fourth-order valence-corrected chi connectivity index (χ4v) is 13.5. The predicted molar refractivity (Wildman–Crippen MR) is 365 cm³/mol. The fraction of sp³-hybridized carbons (Fsp3) is 0.493. The summed E-state index contributed by atoms with van der Waals surface area (Å²) in [4.78, 5) is 34.5. The molecular formula is C75H87N6NaO25. The molecule has 25 atom stereocenters. The topological polar surface area (TPSA) is 413 Å². The van der Waals surface area contributed by atoms with Crippen molar-refractivity contribution in [3.05, 3.63) is 236 Å². The quantitative estimate of drug-likeness (QED) is 0.0127. The Labute approximate surface area is 639 Å². The van der Waals surface area contributed by atoms with Gasteiger partial charge in [-0.15, -0.1) is 0 Å². The van der Waals surface area contributed by atoms with E-state index >= 15 is 0 Å². The number of ether oxygens (including phenoxy) is 17. The Bertz CT molecular complexity index is 3750. The van der Waals surface area contributed by atoms with Gasteiger partial charge in [0.15, 0.2) is 37.6 Å². The standard InChI is InChI=1S/C75H88N6O25.Na/c1-43-57(92-37-44-22-10-4-11-23-44)60(52(36-84)98-71(43)91-3)102-74-56(86)62(95-40-47-28-16-7-17-29-47)64(67(106-74)70(89)90-2)103-72-53(78-80-76)55(85)58(50(34-82)99-72)101-75-68(97-42-49-32-20-9-21-33-49)63(96-41-48-30-18-8-19-31-48)65(66(105-75)69(87)88)104-73-54(79-81-77)61(94-39-46-26-14-6-15-27-46)59(51(35-83)100-73)93-38-45-24-12-5-13-25-45;/h4-33,43,50-68,71-75,82-86H,34-42H2,1-3H3,(H,87,88);/q;+1/p-1/t43?,50?,51?,52?,53?,54?,55-,56?,57-,58+,59+,60+,61-,62+,63+,64-,65-,66?,67?,68?,71-,72+,73+,74-,75-;/m1./s1. The van der Waals surface area contributed by atoms with Crippen molar-refractivity contribution in [2.24, 2.45) is 16.1 Å². The Morgan fingerprint density at radius 1 is 0.402 bits per heavy atom. The second-order valence-corrected chi connectivity index (χ2v) is 25.8. The van der Waals surface area contributed by atoms with E-state index < -0.39 is 185 Å². The largest absolute Gasteiger partial charge is 1.00 e. The number of nitrogens with zero attached hydrogens (tertiary/aromatic N) is 6. The molecular weight excluding hydrogens is 1410 g/mol. The van der Waals surface area contributed by atoms with Crippen molar-refractivity contribution >= 4 is 11.9 Å². The van der Waals surface area contributed by atoms with E-state index in [9.17, 15) is 51.3 Å². The second-order valence-electron chi connectivity index (χ2n) is 25.8. The van der Waals surface area contributed by atoms with Crippen molar-refractivity contribution in [3.63, 3.8) is 0 Å². The van der Waals surface area contributed by atoms with Gasteiger partial charge in [0, 0.05) is 22.9 Å². The van der Waals surface area contributed by atoms with Crippen LogP contribution < -0.4 is 34.7 Å². The summed E-state index contributed by atoms with van der Waals surface area (Å²) in [6.07, 6.45) is -36.0. The number of carbonyl (C=O) groups excluding carboxylic acids is 2. The van der Waals surface area contributed by atoms with Crippen molar-refractivity contribution in [1.29, 1.82) is 0 Å². The molecule has 5 fully saturated rings. The van der Waals surface area contributed by atoms with Crippen LogP contribution in [0, 0.1) is 5.92 Å². The Kier molecular flexibility index (Phi) is 31.8. The monoisotopic (exact) mass is 1490 g/mol. The molecule has 0 amide bonds. The van der Waals surface area contributed by atoms with Crippen LogP contribution in [-0.2, 0) is 130 Å². The van der Waals surface area contributed by atoms with E-state index in [0.29, 0.717) is 22.3 Å². The molecule has 0 radical (unpaired) electrons. The number of rotatable bonds is 34. The van der Waals surface area contributed by atoms with E-state index in [4.69, 9.17) is 80.5 Å². The molecule has 31 nitrogen and oxygen atoms in total. The summed E-state index contributed by atoms with van der Waals surface area (Å²) < 4.78 is 109. The zero-order chi connectivity index (χ0) is 74.5. The number of hydrogen-bond donors (Lipinski definition) is 5. The maximum absolute atomic E-state index is 14.3. The zero-order valence-corrected chi connectivity index (χ0v) is 61.2. The van der Waals surface area contributed by atoms with Crippen LogP contribution in [0.4, 0.5) is 0 Å². The number of esters is 1. The van der Waals surface area contributed by atoms with E-state index in [1.165, 1.54) is 7.11 Å². The molecule has 32 heteroatoms. The molecule has 0 spiro atoms. The molecule has 0 bridgehead atoms. The first-order valence-corrected chi connectivity index (χ1v) is 34.7. The molecule has 0 aromatic heterocycles. The van der Waals surface area contributed by atoms with Crippen LogP contribution in [0.3, 0.4) is 0 Å². The second kappa shape index (κ2) is 41.2. The summed E-state index contributed by atoms with van der Waals surface area (Å²) in [5, 5.41) is 80.9. The number of methoxy groups -OCH3 is 2. The summed E-state index contributed by atoms with van der Waals surface area (Å²) >= 11 is 0. The van der Waals surface area contributed by atoms with E-state index in [0.717, 1.165) is 18.2 Å². The van der Waals surface area contributed by atoms with E-state index in [1.54, 1.807) is 110 Å². The van der Waals surface area contributed by atoms with Gasteiger partial charge in [-0.2, -0.15) is 0 Å². The Hall–Kier alpha value is -6.96. The van der Waals surface area contributed by atoms with Crippen molar-refractivity contribution < 1.29 is 150 Å². The third-order valence-electron chi connectivity index (χ3n) is 18.9. The van der Waals surface area contributed by atoms with Crippen LogP contribution >= 0.6 is 0 Å². The molecule has 10 unspecified atom stereocenters. The van der Waals surface area contributed by atoms with Crippen LogP contribution in [-0.4, -0.2) is 219 Å². The predicted octanol–water partition coefficient (Wildman–Crippen LogP) is 1.93. The van der Waals surface area contributed by atoms with Gasteiger partial charge in [0.25, 0.3) is 0 Å². The van der Waals surface area contributed by atoms with Gasteiger partial charge < -0.3 is 116 Å². The van der Waals surface area contributed by atoms with Gasteiger partial charge in [-0.25, -0.2) is 4.79 Å². The minimum absolute atomic E-state index is 0. The van der Waals surface area contributed by atoms with Gasteiger partial charge >= 0.3 is 35.5 Å². The third-order valence-corrected chi connectivity index (χ3v) is 18.9. The van der Waals surface area contributed by atoms with Crippen LogP contribution in [0.5, 0.6) is 0 Å². The zero-order valence-electron chi connectivity index (χ0n) is 59.2. The first-order valence-electron chi connectivity index (χ1n) is 34.7. The smallest absolute Gasteiger partial charge is 0.547 e. The minimum Gasteiger partial charge on any atom is -0.547 e. The molecule has 5 aliphatic rings. The normalized spacial score (nSPS) is 32.8. The molecule has 5 heterocycles. The summed E-state index contributed by atoms with van der Waals surface area (Å²) in [5.41, 5.74) is 24.7. The van der Waals surface area contributed by atoms with E-state index in [-0.39, 0.29) is 69.2 Å². The molecule has 0 aliphatic carbocycles. The summed E-state index contributed by atoms with van der Waals surface area (Å²) in [6, 6.07) is 50.2. The van der Waals surface area contributed by atoms with Crippen molar-refractivity contribution in [2.75, 3.05) is 34.0 Å². The molecule has 11 rings (SSSR count). The minimum atomic E-state index is -2.26. The number of aliphatic hydroxyl groups is 5. The first kappa shape index (κ1) is 82.5. The number of aliphatic carboxylic acids is 1. The summed E-state index contributed by atoms with van der Waals surface area (Å²) in [7, 11) is 2.49. The molecule has 6 aromatic rings. The number of benzene rings is 6. The third kappa shape index (κ3) is 20.9. The van der Waals surface area contributed by atoms with E-state index in [2.05, 4.69) is 20.1 Å². The van der Waals surface area contributed by atoms with Crippen molar-refractivity contribution in [2.45, 2.75) is 194 Å². The molecule has 568 valence electrons. The molecule has 0 saturated carbocycles. The first-order chi connectivity index (χ1) is 51.8. The van der Waals surface area contributed by atoms with Crippen LogP contribution in [0.15, 0.2) is 192 Å². The SMILES string of the molecule is COC(=O)C1O[C@@H](O[C@H]2C(CO)O[C@@H](OC)C(C)[C@H]2OCc2ccccc2)C(O)[C@H](OCc2ccccc2)[C@H]1O[C@@H]1OC(CO)[C@H](O[C@@H]2OC(C(=O)[O-])[C@H](O[C@@H]3OC(CO)[C@H](OCc4ccccc4)[C@H](OCc4ccccc4)C3N=[N+]=[N-])[C@H](OCc3ccccc3)C2OCc2ccccc2)[C@H](O)C1N=[N+]=[N-].[Na+]. The molecule has 5 aliphatic heterocycles. The van der Waals surface area contributed by atoms with Gasteiger partial charge in [0.2, 0.25) is 0 Å². The molecule has 6 aromatic carbocycles. The maximum atomic E-state index is 14.3.